The Morgan fingerprint density at radius 3 is 2.61 bits per heavy atom. The summed E-state index contributed by atoms with van der Waals surface area (Å²) in [5, 5.41) is 0. The number of pyridine rings is 1. The van der Waals surface area contributed by atoms with Crippen LogP contribution in [0.4, 0.5) is 13.2 Å². The Hall–Kier alpha value is -0.770. The SMILES string of the molecule is COC(=O)c1ncc(OC(F)(F)F)c(I)c1CCl. The highest BCUT2D eigenvalue weighted by Gasteiger charge is 2.33. The first kappa shape index (κ1) is 15.3. The fourth-order valence-electron chi connectivity index (χ4n) is 1.10. The molecule has 0 atom stereocenters. The third-order valence-electron chi connectivity index (χ3n) is 1.82. The molecule has 1 aromatic rings. The number of ether oxygens (including phenoxy) is 2. The molecule has 0 aromatic carbocycles. The first-order chi connectivity index (χ1) is 8.30. The highest BCUT2D eigenvalue weighted by atomic mass is 127. The summed E-state index contributed by atoms with van der Waals surface area (Å²) in [6, 6.07) is 0. The minimum absolute atomic E-state index is 0.0651. The van der Waals surface area contributed by atoms with E-state index in [1.54, 1.807) is 22.6 Å². The molecule has 0 unspecified atom stereocenters. The Balaban J connectivity index is 3.24. The molecule has 0 aliphatic rings. The van der Waals surface area contributed by atoms with E-state index in [9.17, 15) is 18.0 Å². The van der Waals surface area contributed by atoms with Gasteiger partial charge in [-0.25, -0.2) is 9.78 Å². The molecule has 9 heteroatoms. The summed E-state index contributed by atoms with van der Waals surface area (Å²) in [5.74, 6) is -1.47. The van der Waals surface area contributed by atoms with Gasteiger partial charge in [0.1, 0.15) is 0 Å². The number of rotatable bonds is 3. The summed E-state index contributed by atoms with van der Waals surface area (Å²) >= 11 is 7.19. The van der Waals surface area contributed by atoms with Crippen LogP contribution in [0, 0.1) is 3.57 Å². The monoisotopic (exact) mass is 395 g/mol. The number of esters is 1. The van der Waals surface area contributed by atoms with Crippen molar-refractivity contribution in [2.75, 3.05) is 7.11 Å². The highest BCUT2D eigenvalue weighted by Crippen LogP contribution is 2.31. The number of halogens is 5. The van der Waals surface area contributed by atoms with Crippen molar-refractivity contribution in [1.82, 2.24) is 4.98 Å². The fourth-order valence-corrected chi connectivity index (χ4v) is 2.28. The molecule has 0 aliphatic carbocycles. The van der Waals surface area contributed by atoms with E-state index in [0.29, 0.717) is 0 Å². The number of carbonyl (C=O) groups is 1. The summed E-state index contributed by atoms with van der Waals surface area (Å²) in [6.45, 7) is 0. The van der Waals surface area contributed by atoms with Crippen molar-refractivity contribution >= 4 is 40.2 Å². The van der Waals surface area contributed by atoms with Gasteiger partial charge in [-0.1, -0.05) is 0 Å². The lowest BCUT2D eigenvalue weighted by molar-refractivity contribution is -0.275. The molecule has 0 spiro atoms. The molecule has 0 saturated heterocycles. The standard InChI is InChI=1S/C9H6ClF3INO3/c1-17-8(16)7-4(2-10)6(14)5(3-15-7)18-9(11,12)13/h3H,2H2,1H3. The van der Waals surface area contributed by atoms with E-state index < -0.39 is 18.1 Å². The average Bonchev–Trinajstić information content (AvgIpc) is 2.28. The van der Waals surface area contributed by atoms with Gasteiger partial charge in [0, 0.05) is 5.56 Å². The first-order valence-electron chi connectivity index (χ1n) is 4.37. The number of aromatic nitrogens is 1. The van der Waals surface area contributed by atoms with Crippen molar-refractivity contribution in [1.29, 1.82) is 0 Å². The van der Waals surface area contributed by atoms with Crippen LogP contribution in [0.2, 0.25) is 0 Å². The third-order valence-corrected chi connectivity index (χ3v) is 3.27. The van der Waals surface area contributed by atoms with E-state index in [4.69, 9.17) is 11.6 Å². The molecule has 4 nitrogen and oxygen atoms in total. The Morgan fingerprint density at radius 2 is 2.17 bits per heavy atom. The van der Waals surface area contributed by atoms with Crippen molar-refractivity contribution in [2.45, 2.75) is 12.2 Å². The van der Waals surface area contributed by atoms with Crippen molar-refractivity contribution in [2.24, 2.45) is 0 Å². The molecule has 0 saturated carbocycles. The molecule has 100 valence electrons. The maximum absolute atomic E-state index is 12.1. The van der Waals surface area contributed by atoms with Crippen LogP contribution in [0.25, 0.3) is 0 Å². The Kier molecular flexibility index (Phi) is 5.02. The minimum atomic E-state index is -4.84. The van der Waals surface area contributed by atoms with E-state index in [1.807, 2.05) is 0 Å². The molecule has 1 heterocycles. The maximum Gasteiger partial charge on any atom is 0.573 e. The van der Waals surface area contributed by atoms with Gasteiger partial charge >= 0.3 is 12.3 Å². The molecule has 18 heavy (non-hydrogen) atoms. The minimum Gasteiger partial charge on any atom is -0.464 e. The number of methoxy groups -OCH3 is 1. The topological polar surface area (TPSA) is 48.4 Å². The molecule has 0 amide bonds. The van der Waals surface area contributed by atoms with Crippen LogP contribution in [0.1, 0.15) is 16.1 Å². The number of hydrogen-bond acceptors (Lipinski definition) is 4. The molecule has 1 rings (SSSR count). The zero-order valence-electron chi connectivity index (χ0n) is 8.85. The number of nitrogens with zero attached hydrogens (tertiary/aromatic N) is 1. The molecule has 0 fully saturated rings. The molecule has 0 bridgehead atoms. The normalized spacial score (nSPS) is 11.2. The molecule has 0 radical (unpaired) electrons. The van der Waals surface area contributed by atoms with E-state index in [1.165, 1.54) is 0 Å². The van der Waals surface area contributed by atoms with Gasteiger partial charge in [0.25, 0.3) is 0 Å². The summed E-state index contributed by atoms with van der Waals surface area (Å²) in [6.07, 6.45) is -4.03. The van der Waals surface area contributed by atoms with Gasteiger partial charge in [-0.05, 0) is 22.6 Å². The lowest BCUT2D eigenvalue weighted by atomic mass is 10.2. The van der Waals surface area contributed by atoms with Gasteiger partial charge in [-0.2, -0.15) is 0 Å². The van der Waals surface area contributed by atoms with Gasteiger partial charge in [-0.15, -0.1) is 24.8 Å². The third kappa shape index (κ3) is 3.61. The van der Waals surface area contributed by atoms with Crippen LogP contribution < -0.4 is 4.74 Å². The Labute approximate surface area is 119 Å². The first-order valence-corrected chi connectivity index (χ1v) is 5.99. The second kappa shape index (κ2) is 5.91. The molecular formula is C9H6ClF3INO3. The number of hydrogen-bond donors (Lipinski definition) is 0. The number of alkyl halides is 4. The maximum atomic E-state index is 12.1. The predicted octanol–water partition coefficient (Wildman–Crippen LogP) is 3.11. The van der Waals surface area contributed by atoms with E-state index in [2.05, 4.69) is 14.5 Å². The van der Waals surface area contributed by atoms with Crippen LogP contribution in [-0.2, 0) is 10.6 Å². The molecule has 1 aromatic heterocycles. The molecule has 0 aliphatic heterocycles. The van der Waals surface area contributed by atoms with Crippen LogP contribution in [0.15, 0.2) is 6.20 Å². The highest BCUT2D eigenvalue weighted by molar-refractivity contribution is 14.1. The van der Waals surface area contributed by atoms with Crippen molar-refractivity contribution < 1.29 is 27.4 Å². The summed E-state index contributed by atoms with van der Waals surface area (Å²) in [7, 11) is 1.13. The summed E-state index contributed by atoms with van der Waals surface area (Å²) in [5.41, 5.74) is -0.00251. The lowest BCUT2D eigenvalue weighted by Gasteiger charge is -2.13. The lowest BCUT2D eigenvalue weighted by Crippen LogP contribution is -2.19. The fraction of sp³-hybridized carbons (Fsp3) is 0.333. The van der Waals surface area contributed by atoms with Gasteiger partial charge in [-0.3, -0.25) is 0 Å². The predicted molar refractivity (Wildman–Crippen MR) is 64.5 cm³/mol. The van der Waals surface area contributed by atoms with E-state index in [-0.39, 0.29) is 20.7 Å². The Morgan fingerprint density at radius 1 is 1.56 bits per heavy atom. The van der Waals surface area contributed by atoms with Crippen LogP contribution in [-0.4, -0.2) is 24.4 Å². The van der Waals surface area contributed by atoms with Crippen molar-refractivity contribution in [3.8, 4) is 5.75 Å². The summed E-state index contributed by atoms with van der Waals surface area (Å²) < 4.78 is 44.6. The average molecular weight is 396 g/mol. The van der Waals surface area contributed by atoms with Crippen molar-refractivity contribution in [3.05, 3.63) is 21.0 Å². The Bertz CT molecular complexity index is 467. The van der Waals surface area contributed by atoms with E-state index in [0.717, 1.165) is 13.3 Å². The van der Waals surface area contributed by atoms with Gasteiger partial charge in [0.2, 0.25) is 0 Å². The van der Waals surface area contributed by atoms with Gasteiger partial charge in [0.05, 0.1) is 22.8 Å². The van der Waals surface area contributed by atoms with Gasteiger partial charge in [0.15, 0.2) is 11.4 Å². The quantitative estimate of drug-likeness (QED) is 0.448. The van der Waals surface area contributed by atoms with Crippen molar-refractivity contribution in [3.63, 3.8) is 0 Å². The van der Waals surface area contributed by atoms with Gasteiger partial charge < -0.3 is 9.47 Å². The second-order valence-electron chi connectivity index (χ2n) is 2.94. The smallest absolute Gasteiger partial charge is 0.464 e. The number of carbonyl (C=O) groups excluding carboxylic acids is 1. The van der Waals surface area contributed by atoms with Crippen LogP contribution >= 0.6 is 34.2 Å². The molecule has 0 N–H and O–H groups in total. The summed E-state index contributed by atoms with van der Waals surface area (Å²) in [4.78, 5) is 14.9. The van der Waals surface area contributed by atoms with Crippen LogP contribution in [0.5, 0.6) is 5.75 Å². The largest absolute Gasteiger partial charge is 0.573 e. The second-order valence-corrected chi connectivity index (χ2v) is 4.28. The zero-order chi connectivity index (χ0) is 13.9. The zero-order valence-corrected chi connectivity index (χ0v) is 11.8. The molecular weight excluding hydrogens is 389 g/mol. The van der Waals surface area contributed by atoms with Crippen LogP contribution in [0.3, 0.4) is 0 Å². The van der Waals surface area contributed by atoms with E-state index >= 15 is 0 Å².